The number of nitrogens with one attached hydrogen (secondary N) is 1. The number of rotatable bonds is 4. The molecule has 0 radical (unpaired) electrons. The van der Waals surface area contributed by atoms with Gasteiger partial charge in [-0.05, 0) is 75.4 Å². The number of anilines is 1. The standard InChI is InChI=1S/C16H19Br2N3/c1-11-8-14(17)16(15(18)9-11)19-10-12-6-7-21(20-12)13-4-2-3-5-13/h6-9,13,19H,2-5,10H2,1H3. The van der Waals surface area contributed by atoms with Crippen LogP contribution < -0.4 is 5.32 Å². The zero-order valence-electron chi connectivity index (χ0n) is 12.1. The zero-order chi connectivity index (χ0) is 14.8. The number of halogens is 2. The summed E-state index contributed by atoms with van der Waals surface area (Å²) in [6.07, 6.45) is 7.32. The fourth-order valence-electron chi connectivity index (χ4n) is 2.89. The van der Waals surface area contributed by atoms with Gasteiger partial charge in [0.15, 0.2) is 0 Å². The Morgan fingerprint density at radius 1 is 1.24 bits per heavy atom. The van der Waals surface area contributed by atoms with E-state index in [1.165, 1.54) is 31.2 Å². The van der Waals surface area contributed by atoms with E-state index >= 15 is 0 Å². The predicted molar refractivity (Wildman–Crippen MR) is 93.6 cm³/mol. The summed E-state index contributed by atoms with van der Waals surface area (Å²) >= 11 is 7.22. The van der Waals surface area contributed by atoms with E-state index in [1.807, 2.05) is 0 Å². The molecule has 5 heteroatoms. The van der Waals surface area contributed by atoms with Crippen LogP contribution in [0.2, 0.25) is 0 Å². The molecule has 0 amide bonds. The number of benzene rings is 1. The molecule has 1 heterocycles. The van der Waals surface area contributed by atoms with Gasteiger partial charge < -0.3 is 5.32 Å². The Labute approximate surface area is 142 Å². The summed E-state index contributed by atoms with van der Waals surface area (Å²) in [6, 6.07) is 6.95. The summed E-state index contributed by atoms with van der Waals surface area (Å²) in [6.45, 7) is 2.82. The van der Waals surface area contributed by atoms with Crippen LogP contribution in [-0.2, 0) is 6.54 Å². The van der Waals surface area contributed by atoms with Crippen molar-refractivity contribution in [1.29, 1.82) is 0 Å². The first-order valence-electron chi connectivity index (χ1n) is 7.37. The molecule has 0 unspecified atom stereocenters. The van der Waals surface area contributed by atoms with Crippen molar-refractivity contribution < 1.29 is 0 Å². The topological polar surface area (TPSA) is 29.9 Å². The van der Waals surface area contributed by atoms with Gasteiger partial charge in [0.25, 0.3) is 0 Å². The summed E-state index contributed by atoms with van der Waals surface area (Å²) in [5.74, 6) is 0. The van der Waals surface area contributed by atoms with E-state index in [4.69, 9.17) is 5.10 Å². The van der Waals surface area contributed by atoms with Crippen LogP contribution in [0.5, 0.6) is 0 Å². The Morgan fingerprint density at radius 3 is 2.57 bits per heavy atom. The van der Waals surface area contributed by atoms with Gasteiger partial charge in [-0.15, -0.1) is 0 Å². The van der Waals surface area contributed by atoms with E-state index in [0.717, 1.165) is 26.9 Å². The largest absolute Gasteiger partial charge is 0.377 e. The summed E-state index contributed by atoms with van der Waals surface area (Å²) in [4.78, 5) is 0. The average molecular weight is 413 g/mol. The van der Waals surface area contributed by atoms with Crippen molar-refractivity contribution in [3.05, 3.63) is 44.6 Å². The van der Waals surface area contributed by atoms with Crippen LogP contribution in [0.3, 0.4) is 0 Å². The number of aryl methyl sites for hydroxylation is 1. The van der Waals surface area contributed by atoms with Gasteiger partial charge in [0.1, 0.15) is 0 Å². The highest BCUT2D eigenvalue weighted by Crippen LogP contribution is 2.33. The van der Waals surface area contributed by atoms with E-state index in [-0.39, 0.29) is 0 Å². The van der Waals surface area contributed by atoms with E-state index in [9.17, 15) is 0 Å². The zero-order valence-corrected chi connectivity index (χ0v) is 15.2. The van der Waals surface area contributed by atoms with E-state index in [1.54, 1.807) is 0 Å². The van der Waals surface area contributed by atoms with Gasteiger partial charge in [0.05, 0.1) is 24.0 Å². The van der Waals surface area contributed by atoms with Crippen molar-refractivity contribution in [3.8, 4) is 0 Å². The summed E-state index contributed by atoms with van der Waals surface area (Å²) in [5, 5.41) is 8.17. The molecule has 0 aliphatic heterocycles. The normalized spacial score (nSPS) is 15.6. The molecular formula is C16H19Br2N3. The third-order valence-corrected chi connectivity index (χ3v) is 5.25. The van der Waals surface area contributed by atoms with Crippen molar-refractivity contribution >= 4 is 37.5 Å². The first-order valence-corrected chi connectivity index (χ1v) is 8.95. The van der Waals surface area contributed by atoms with Crippen LogP contribution in [-0.4, -0.2) is 9.78 Å². The van der Waals surface area contributed by atoms with Crippen molar-refractivity contribution in [3.63, 3.8) is 0 Å². The van der Waals surface area contributed by atoms with Crippen molar-refractivity contribution in [1.82, 2.24) is 9.78 Å². The minimum atomic E-state index is 0.608. The molecule has 1 aromatic carbocycles. The van der Waals surface area contributed by atoms with Crippen LogP contribution in [0, 0.1) is 6.92 Å². The minimum absolute atomic E-state index is 0.608. The maximum atomic E-state index is 4.71. The number of hydrogen-bond donors (Lipinski definition) is 1. The lowest BCUT2D eigenvalue weighted by molar-refractivity contribution is 0.463. The second-order valence-electron chi connectivity index (χ2n) is 5.68. The van der Waals surface area contributed by atoms with E-state index in [2.05, 4.69) is 73.2 Å². The van der Waals surface area contributed by atoms with Gasteiger partial charge >= 0.3 is 0 Å². The molecule has 21 heavy (non-hydrogen) atoms. The summed E-state index contributed by atoms with van der Waals surface area (Å²) in [7, 11) is 0. The molecule has 2 aromatic rings. The Balaban J connectivity index is 1.68. The highest BCUT2D eigenvalue weighted by Gasteiger charge is 2.17. The quantitative estimate of drug-likeness (QED) is 0.723. The van der Waals surface area contributed by atoms with E-state index in [0.29, 0.717) is 6.04 Å². The second-order valence-corrected chi connectivity index (χ2v) is 7.39. The molecule has 1 fully saturated rings. The summed E-state index contributed by atoms with van der Waals surface area (Å²) in [5.41, 5.74) is 3.39. The average Bonchev–Trinajstić information content (AvgIpc) is 3.08. The van der Waals surface area contributed by atoms with Crippen molar-refractivity contribution in [2.24, 2.45) is 0 Å². The molecule has 112 valence electrons. The van der Waals surface area contributed by atoms with Gasteiger partial charge in [0, 0.05) is 15.1 Å². The van der Waals surface area contributed by atoms with Crippen molar-refractivity contribution in [2.45, 2.75) is 45.2 Å². The van der Waals surface area contributed by atoms with Crippen LogP contribution in [0.4, 0.5) is 5.69 Å². The predicted octanol–water partition coefficient (Wildman–Crippen LogP) is 5.44. The molecule has 3 nitrogen and oxygen atoms in total. The van der Waals surface area contributed by atoms with Crippen LogP contribution >= 0.6 is 31.9 Å². The Morgan fingerprint density at radius 2 is 1.90 bits per heavy atom. The third-order valence-electron chi connectivity index (χ3n) is 4.00. The number of aromatic nitrogens is 2. The smallest absolute Gasteiger partial charge is 0.0815 e. The maximum absolute atomic E-state index is 4.71. The van der Waals surface area contributed by atoms with Gasteiger partial charge in [-0.3, -0.25) is 4.68 Å². The fraction of sp³-hybridized carbons (Fsp3) is 0.438. The molecule has 0 saturated heterocycles. The third kappa shape index (κ3) is 3.51. The first kappa shape index (κ1) is 15.1. The SMILES string of the molecule is Cc1cc(Br)c(NCc2ccn(C3CCCC3)n2)c(Br)c1. The minimum Gasteiger partial charge on any atom is -0.377 e. The van der Waals surface area contributed by atoms with Gasteiger partial charge in [-0.25, -0.2) is 0 Å². The van der Waals surface area contributed by atoms with Gasteiger partial charge in [-0.2, -0.15) is 5.10 Å². The molecule has 1 aromatic heterocycles. The second kappa shape index (κ2) is 6.53. The van der Waals surface area contributed by atoms with Crippen LogP contribution in [0.15, 0.2) is 33.3 Å². The van der Waals surface area contributed by atoms with Crippen LogP contribution in [0.1, 0.15) is 43.0 Å². The lowest BCUT2D eigenvalue weighted by Gasteiger charge is -2.11. The monoisotopic (exact) mass is 411 g/mol. The van der Waals surface area contributed by atoms with E-state index < -0.39 is 0 Å². The highest BCUT2D eigenvalue weighted by atomic mass is 79.9. The molecule has 0 bridgehead atoms. The lowest BCUT2D eigenvalue weighted by atomic mass is 10.2. The molecule has 1 aliphatic carbocycles. The maximum Gasteiger partial charge on any atom is 0.0815 e. The van der Waals surface area contributed by atoms with Gasteiger partial charge in [0.2, 0.25) is 0 Å². The highest BCUT2D eigenvalue weighted by molar-refractivity contribution is 9.11. The molecule has 3 rings (SSSR count). The Bertz CT molecular complexity index is 607. The van der Waals surface area contributed by atoms with Crippen LogP contribution in [0.25, 0.3) is 0 Å². The first-order chi connectivity index (χ1) is 10.1. The Kier molecular flexibility index (Phi) is 4.69. The van der Waals surface area contributed by atoms with Gasteiger partial charge in [-0.1, -0.05) is 12.8 Å². The molecule has 1 saturated carbocycles. The fourth-order valence-corrected chi connectivity index (χ4v) is 4.59. The molecule has 0 spiro atoms. The molecule has 1 N–H and O–H groups in total. The van der Waals surface area contributed by atoms with Crippen molar-refractivity contribution in [2.75, 3.05) is 5.32 Å². The molecule has 0 atom stereocenters. The Hall–Kier alpha value is -0.810. The number of nitrogens with zero attached hydrogens (tertiary/aromatic N) is 2. The molecule has 1 aliphatic rings. The number of hydrogen-bond acceptors (Lipinski definition) is 2. The lowest BCUT2D eigenvalue weighted by Crippen LogP contribution is -2.07. The summed E-state index contributed by atoms with van der Waals surface area (Å²) < 4.78 is 4.29. The molecular weight excluding hydrogens is 394 g/mol.